The van der Waals surface area contributed by atoms with Crippen LogP contribution in [0.25, 0.3) is 0 Å². The SMILES string of the molecule is CCC1CC1NCCCc1ccccc1N. The highest BCUT2D eigenvalue weighted by Crippen LogP contribution is 2.32. The van der Waals surface area contributed by atoms with Crippen molar-refractivity contribution in [2.45, 2.75) is 38.6 Å². The lowest BCUT2D eigenvalue weighted by Crippen LogP contribution is -2.20. The van der Waals surface area contributed by atoms with Crippen molar-refractivity contribution in [1.82, 2.24) is 5.32 Å². The first-order valence-corrected chi connectivity index (χ1v) is 6.38. The van der Waals surface area contributed by atoms with Crippen LogP contribution in [0, 0.1) is 5.92 Å². The normalized spacial score (nSPS) is 23.3. The molecule has 0 amide bonds. The first-order chi connectivity index (χ1) is 7.81. The van der Waals surface area contributed by atoms with Crippen molar-refractivity contribution >= 4 is 5.69 Å². The molecular weight excluding hydrogens is 196 g/mol. The predicted octanol–water partition coefficient (Wildman–Crippen LogP) is 2.59. The van der Waals surface area contributed by atoms with E-state index in [0.717, 1.165) is 30.6 Å². The molecule has 2 atom stereocenters. The van der Waals surface area contributed by atoms with Gasteiger partial charge in [-0.15, -0.1) is 0 Å². The van der Waals surface area contributed by atoms with Gasteiger partial charge in [-0.1, -0.05) is 31.5 Å². The van der Waals surface area contributed by atoms with Crippen LogP contribution >= 0.6 is 0 Å². The number of nitrogens with one attached hydrogen (secondary N) is 1. The Labute approximate surface area is 98.2 Å². The summed E-state index contributed by atoms with van der Waals surface area (Å²) in [6.45, 7) is 3.40. The first-order valence-electron chi connectivity index (χ1n) is 6.38. The van der Waals surface area contributed by atoms with E-state index in [2.05, 4.69) is 24.4 Å². The molecule has 1 aliphatic carbocycles. The molecule has 1 saturated carbocycles. The molecule has 0 spiro atoms. The Morgan fingerprint density at radius 3 is 2.88 bits per heavy atom. The second kappa shape index (κ2) is 5.35. The summed E-state index contributed by atoms with van der Waals surface area (Å²) < 4.78 is 0. The van der Waals surface area contributed by atoms with Crippen molar-refractivity contribution in [3.8, 4) is 0 Å². The van der Waals surface area contributed by atoms with Gasteiger partial charge in [0.25, 0.3) is 0 Å². The third-order valence-electron chi connectivity index (χ3n) is 3.53. The summed E-state index contributed by atoms with van der Waals surface area (Å²) >= 11 is 0. The average Bonchev–Trinajstić information content (AvgIpc) is 3.05. The van der Waals surface area contributed by atoms with Crippen LogP contribution in [0.15, 0.2) is 24.3 Å². The van der Waals surface area contributed by atoms with Crippen molar-refractivity contribution in [3.05, 3.63) is 29.8 Å². The number of hydrogen-bond acceptors (Lipinski definition) is 2. The number of aryl methyl sites for hydroxylation is 1. The Morgan fingerprint density at radius 1 is 1.38 bits per heavy atom. The Kier molecular flexibility index (Phi) is 3.83. The molecule has 88 valence electrons. The fourth-order valence-corrected chi connectivity index (χ4v) is 2.28. The molecule has 0 bridgehead atoms. The van der Waals surface area contributed by atoms with Crippen molar-refractivity contribution in [2.75, 3.05) is 12.3 Å². The lowest BCUT2D eigenvalue weighted by atomic mass is 10.1. The maximum Gasteiger partial charge on any atom is 0.0346 e. The molecule has 0 heterocycles. The third-order valence-corrected chi connectivity index (χ3v) is 3.53. The lowest BCUT2D eigenvalue weighted by molar-refractivity contribution is 0.602. The summed E-state index contributed by atoms with van der Waals surface area (Å²) in [7, 11) is 0. The summed E-state index contributed by atoms with van der Waals surface area (Å²) in [6.07, 6.45) is 4.97. The lowest BCUT2D eigenvalue weighted by Gasteiger charge is -2.06. The van der Waals surface area contributed by atoms with E-state index in [-0.39, 0.29) is 0 Å². The van der Waals surface area contributed by atoms with Crippen molar-refractivity contribution in [1.29, 1.82) is 0 Å². The molecule has 1 aliphatic rings. The van der Waals surface area contributed by atoms with Crippen LogP contribution in [-0.4, -0.2) is 12.6 Å². The van der Waals surface area contributed by atoms with Gasteiger partial charge in [0, 0.05) is 11.7 Å². The van der Waals surface area contributed by atoms with Gasteiger partial charge in [-0.3, -0.25) is 0 Å². The second-order valence-corrected chi connectivity index (χ2v) is 4.77. The number of benzene rings is 1. The number of anilines is 1. The molecule has 2 nitrogen and oxygen atoms in total. The Morgan fingerprint density at radius 2 is 2.19 bits per heavy atom. The molecule has 0 aliphatic heterocycles. The van der Waals surface area contributed by atoms with E-state index in [1.165, 1.54) is 24.8 Å². The molecular formula is C14H22N2. The standard InChI is InChI=1S/C14H22N2/c1-2-11-10-14(11)16-9-5-7-12-6-3-4-8-13(12)15/h3-4,6,8,11,14,16H,2,5,7,9-10,15H2,1H3. The van der Waals surface area contributed by atoms with Crippen LogP contribution < -0.4 is 11.1 Å². The van der Waals surface area contributed by atoms with E-state index >= 15 is 0 Å². The number of nitrogen functional groups attached to an aromatic ring is 1. The molecule has 2 unspecified atom stereocenters. The van der Waals surface area contributed by atoms with Gasteiger partial charge in [-0.05, 0) is 43.4 Å². The molecule has 1 aromatic rings. The minimum Gasteiger partial charge on any atom is -0.399 e. The monoisotopic (exact) mass is 218 g/mol. The van der Waals surface area contributed by atoms with E-state index in [0.29, 0.717) is 0 Å². The molecule has 1 aromatic carbocycles. The van der Waals surface area contributed by atoms with Gasteiger partial charge in [0.05, 0.1) is 0 Å². The molecule has 16 heavy (non-hydrogen) atoms. The number of rotatable bonds is 6. The van der Waals surface area contributed by atoms with Crippen LogP contribution in [0.4, 0.5) is 5.69 Å². The van der Waals surface area contributed by atoms with Gasteiger partial charge in [0.15, 0.2) is 0 Å². The van der Waals surface area contributed by atoms with Crippen molar-refractivity contribution in [3.63, 3.8) is 0 Å². The van der Waals surface area contributed by atoms with Gasteiger partial charge in [-0.25, -0.2) is 0 Å². The first kappa shape index (κ1) is 11.5. The van der Waals surface area contributed by atoms with E-state index in [1.54, 1.807) is 0 Å². The van der Waals surface area contributed by atoms with Gasteiger partial charge in [0.2, 0.25) is 0 Å². The molecule has 2 rings (SSSR count). The van der Waals surface area contributed by atoms with Gasteiger partial charge in [0.1, 0.15) is 0 Å². The van der Waals surface area contributed by atoms with Crippen molar-refractivity contribution in [2.24, 2.45) is 5.92 Å². The fourth-order valence-electron chi connectivity index (χ4n) is 2.28. The predicted molar refractivity (Wildman–Crippen MR) is 69.4 cm³/mol. The van der Waals surface area contributed by atoms with Crippen LogP contribution in [0.3, 0.4) is 0 Å². The number of hydrogen-bond donors (Lipinski definition) is 2. The van der Waals surface area contributed by atoms with Gasteiger partial charge < -0.3 is 11.1 Å². The summed E-state index contributed by atoms with van der Waals surface area (Å²) in [4.78, 5) is 0. The quantitative estimate of drug-likeness (QED) is 0.569. The maximum atomic E-state index is 5.90. The summed E-state index contributed by atoms with van der Waals surface area (Å²) in [5.74, 6) is 0.946. The van der Waals surface area contributed by atoms with Gasteiger partial charge in [-0.2, -0.15) is 0 Å². The Hall–Kier alpha value is -1.02. The van der Waals surface area contributed by atoms with E-state index < -0.39 is 0 Å². The summed E-state index contributed by atoms with van der Waals surface area (Å²) in [5.41, 5.74) is 8.11. The highest BCUT2D eigenvalue weighted by Gasteiger charge is 2.34. The van der Waals surface area contributed by atoms with Crippen LogP contribution in [0.5, 0.6) is 0 Å². The minimum atomic E-state index is 0.804. The second-order valence-electron chi connectivity index (χ2n) is 4.77. The Balaban J connectivity index is 1.63. The molecule has 1 fully saturated rings. The van der Waals surface area contributed by atoms with E-state index in [4.69, 9.17) is 5.73 Å². The highest BCUT2D eigenvalue weighted by atomic mass is 15.0. The number of nitrogens with two attached hydrogens (primary N) is 1. The topological polar surface area (TPSA) is 38.0 Å². The van der Waals surface area contributed by atoms with Crippen molar-refractivity contribution < 1.29 is 0 Å². The molecule has 0 radical (unpaired) electrons. The summed E-state index contributed by atoms with van der Waals surface area (Å²) in [5, 5.41) is 3.61. The molecule has 3 N–H and O–H groups in total. The number of para-hydroxylation sites is 1. The third kappa shape index (κ3) is 2.99. The van der Waals surface area contributed by atoms with Crippen LogP contribution in [0.1, 0.15) is 31.7 Å². The van der Waals surface area contributed by atoms with Crippen LogP contribution in [0.2, 0.25) is 0 Å². The zero-order valence-electron chi connectivity index (χ0n) is 10.1. The smallest absolute Gasteiger partial charge is 0.0346 e. The molecule has 0 aromatic heterocycles. The largest absolute Gasteiger partial charge is 0.399 e. The summed E-state index contributed by atoms with van der Waals surface area (Å²) in [6, 6.07) is 8.97. The highest BCUT2D eigenvalue weighted by molar-refractivity contribution is 5.46. The Bertz CT molecular complexity index is 335. The minimum absolute atomic E-state index is 0.804. The van der Waals surface area contributed by atoms with E-state index in [1.807, 2.05) is 12.1 Å². The van der Waals surface area contributed by atoms with Crippen LogP contribution in [-0.2, 0) is 6.42 Å². The van der Waals surface area contributed by atoms with E-state index in [9.17, 15) is 0 Å². The zero-order chi connectivity index (χ0) is 11.4. The fraction of sp³-hybridized carbons (Fsp3) is 0.571. The molecule has 2 heteroatoms. The maximum absolute atomic E-state index is 5.90. The zero-order valence-corrected chi connectivity index (χ0v) is 10.1. The average molecular weight is 218 g/mol. The van der Waals surface area contributed by atoms with Gasteiger partial charge >= 0.3 is 0 Å². The molecule has 0 saturated heterocycles.